The number of urea groups is 1. The number of benzene rings is 1. The van der Waals surface area contributed by atoms with Crippen LogP contribution in [0.15, 0.2) is 48.7 Å². The molecule has 0 spiro atoms. The predicted molar refractivity (Wildman–Crippen MR) is 84.1 cm³/mol. The number of nitrogens with one attached hydrogen (secondary N) is 1. The quantitative estimate of drug-likeness (QED) is 0.887. The fraction of sp³-hybridized carbons (Fsp3) is 0.294. The van der Waals surface area contributed by atoms with E-state index in [1.807, 2.05) is 31.2 Å². The Bertz CT molecular complexity index is 635. The zero-order chi connectivity index (χ0) is 16.7. The van der Waals surface area contributed by atoms with Gasteiger partial charge in [0.05, 0.1) is 18.8 Å². The average molecular weight is 319 g/mol. The molecule has 1 aromatic carbocycles. The maximum absolute atomic E-state index is 12.7. The van der Waals surface area contributed by atoms with E-state index in [0.29, 0.717) is 0 Å². The van der Waals surface area contributed by atoms with Crippen LogP contribution in [-0.2, 0) is 13.1 Å². The lowest BCUT2D eigenvalue weighted by molar-refractivity contribution is 0.0956. The van der Waals surface area contributed by atoms with Crippen molar-refractivity contribution in [2.24, 2.45) is 0 Å². The third kappa shape index (κ3) is 5.32. The van der Waals surface area contributed by atoms with Gasteiger partial charge in [-0.1, -0.05) is 36.4 Å². The summed E-state index contributed by atoms with van der Waals surface area (Å²) in [6, 6.07) is 12.2. The van der Waals surface area contributed by atoms with Gasteiger partial charge in [-0.2, -0.15) is 0 Å². The maximum atomic E-state index is 12.7. The second kappa shape index (κ2) is 8.22. The second-order valence-corrected chi connectivity index (χ2v) is 5.18. The molecule has 2 aromatic rings. The van der Waals surface area contributed by atoms with Gasteiger partial charge < -0.3 is 10.2 Å². The van der Waals surface area contributed by atoms with E-state index < -0.39 is 19.0 Å². The fourth-order valence-electron chi connectivity index (χ4n) is 2.16. The van der Waals surface area contributed by atoms with Crippen LogP contribution in [0.2, 0.25) is 0 Å². The van der Waals surface area contributed by atoms with Crippen molar-refractivity contribution in [1.82, 2.24) is 15.2 Å². The summed E-state index contributed by atoms with van der Waals surface area (Å²) in [6.45, 7) is 1.62. The number of nitrogens with zero attached hydrogens (tertiary/aromatic N) is 2. The largest absolute Gasteiger partial charge is 0.332 e. The molecule has 0 saturated carbocycles. The highest BCUT2D eigenvalue weighted by atomic mass is 19.3. The zero-order valence-electron chi connectivity index (χ0n) is 12.9. The predicted octanol–water partition coefficient (Wildman–Crippen LogP) is 3.37. The molecule has 0 saturated heterocycles. The van der Waals surface area contributed by atoms with E-state index in [1.165, 1.54) is 0 Å². The smallest absolute Gasteiger partial charge is 0.318 e. The molecule has 0 unspecified atom stereocenters. The van der Waals surface area contributed by atoms with Crippen LogP contribution in [0.3, 0.4) is 0 Å². The third-order valence-corrected chi connectivity index (χ3v) is 3.39. The minimum atomic E-state index is -2.58. The number of carbonyl (C=O) groups is 1. The first kappa shape index (κ1) is 16.9. The molecule has 122 valence electrons. The summed E-state index contributed by atoms with van der Waals surface area (Å²) in [4.78, 5) is 17.5. The molecule has 23 heavy (non-hydrogen) atoms. The van der Waals surface area contributed by atoms with Crippen molar-refractivity contribution in [3.05, 3.63) is 65.5 Å². The summed E-state index contributed by atoms with van der Waals surface area (Å²) in [5.74, 6) is 0. The second-order valence-electron chi connectivity index (χ2n) is 5.18. The van der Waals surface area contributed by atoms with Crippen LogP contribution in [0.5, 0.6) is 0 Å². The first-order valence-corrected chi connectivity index (χ1v) is 7.31. The fourth-order valence-corrected chi connectivity index (χ4v) is 2.16. The Balaban J connectivity index is 2.00. The Morgan fingerprint density at radius 3 is 2.61 bits per heavy atom. The Labute approximate surface area is 134 Å². The van der Waals surface area contributed by atoms with Gasteiger partial charge in [-0.3, -0.25) is 4.98 Å². The first-order valence-electron chi connectivity index (χ1n) is 7.31. The normalized spacial score (nSPS) is 10.6. The lowest BCUT2D eigenvalue weighted by atomic mass is 10.2. The van der Waals surface area contributed by atoms with Crippen molar-refractivity contribution < 1.29 is 13.6 Å². The summed E-state index contributed by atoms with van der Waals surface area (Å²) >= 11 is 0. The standard InChI is InChI=1S/C17H19F2N3O/c1-13-6-5-9-20-15(13)10-21-17(23)22(12-16(18)19)11-14-7-3-2-4-8-14/h2-9,16H,10-12H2,1H3,(H,21,23). The van der Waals surface area contributed by atoms with Crippen LogP contribution in [0.4, 0.5) is 13.6 Å². The van der Waals surface area contributed by atoms with Gasteiger partial charge in [0.1, 0.15) is 0 Å². The summed E-state index contributed by atoms with van der Waals surface area (Å²) < 4.78 is 25.5. The summed E-state index contributed by atoms with van der Waals surface area (Å²) in [7, 11) is 0. The number of aromatic nitrogens is 1. The van der Waals surface area contributed by atoms with Crippen molar-refractivity contribution in [2.75, 3.05) is 6.54 Å². The molecule has 0 bridgehead atoms. The summed E-state index contributed by atoms with van der Waals surface area (Å²) in [5.41, 5.74) is 2.46. The molecular weight excluding hydrogens is 300 g/mol. The van der Waals surface area contributed by atoms with Gasteiger partial charge in [-0.25, -0.2) is 13.6 Å². The van der Waals surface area contributed by atoms with Crippen LogP contribution in [0, 0.1) is 6.92 Å². The highest BCUT2D eigenvalue weighted by Gasteiger charge is 2.18. The van der Waals surface area contributed by atoms with Gasteiger partial charge in [-0.05, 0) is 24.1 Å². The molecule has 1 N–H and O–H groups in total. The van der Waals surface area contributed by atoms with E-state index in [2.05, 4.69) is 10.3 Å². The number of pyridine rings is 1. The number of carbonyl (C=O) groups excluding carboxylic acids is 1. The van der Waals surface area contributed by atoms with Gasteiger partial charge >= 0.3 is 6.03 Å². The molecule has 0 aliphatic carbocycles. The number of alkyl halides is 2. The molecule has 0 fully saturated rings. The van der Waals surface area contributed by atoms with Crippen LogP contribution in [0.1, 0.15) is 16.8 Å². The van der Waals surface area contributed by atoms with E-state index in [-0.39, 0.29) is 13.1 Å². The van der Waals surface area contributed by atoms with E-state index in [0.717, 1.165) is 21.7 Å². The van der Waals surface area contributed by atoms with Crippen LogP contribution >= 0.6 is 0 Å². The molecule has 1 heterocycles. The minimum Gasteiger partial charge on any atom is -0.332 e. The number of hydrogen-bond donors (Lipinski definition) is 1. The SMILES string of the molecule is Cc1cccnc1CNC(=O)N(Cc1ccccc1)CC(F)F. The zero-order valence-corrected chi connectivity index (χ0v) is 12.9. The molecule has 1 aromatic heterocycles. The Hall–Kier alpha value is -2.50. The third-order valence-electron chi connectivity index (χ3n) is 3.39. The Morgan fingerprint density at radius 2 is 1.96 bits per heavy atom. The van der Waals surface area contributed by atoms with Crippen molar-refractivity contribution in [3.8, 4) is 0 Å². The minimum absolute atomic E-state index is 0.137. The van der Waals surface area contributed by atoms with E-state index >= 15 is 0 Å². The molecule has 4 nitrogen and oxygen atoms in total. The van der Waals surface area contributed by atoms with Crippen LogP contribution < -0.4 is 5.32 Å². The van der Waals surface area contributed by atoms with Crippen LogP contribution in [-0.4, -0.2) is 28.9 Å². The van der Waals surface area contributed by atoms with Gasteiger partial charge in [0.25, 0.3) is 6.43 Å². The topological polar surface area (TPSA) is 45.2 Å². The molecule has 0 radical (unpaired) electrons. The molecule has 0 aliphatic heterocycles. The lowest BCUT2D eigenvalue weighted by Gasteiger charge is -2.23. The summed E-state index contributed by atoms with van der Waals surface area (Å²) in [5, 5.41) is 2.66. The molecule has 2 rings (SSSR count). The van der Waals surface area contributed by atoms with Crippen molar-refractivity contribution in [3.63, 3.8) is 0 Å². The van der Waals surface area contributed by atoms with E-state index in [1.54, 1.807) is 24.4 Å². The molecule has 0 aliphatic rings. The Kier molecular flexibility index (Phi) is 6.02. The van der Waals surface area contributed by atoms with E-state index in [9.17, 15) is 13.6 Å². The lowest BCUT2D eigenvalue weighted by Crippen LogP contribution is -2.41. The molecule has 6 heteroatoms. The van der Waals surface area contributed by atoms with Gasteiger partial charge in [0, 0.05) is 12.7 Å². The van der Waals surface area contributed by atoms with Crippen molar-refractivity contribution >= 4 is 6.03 Å². The number of halogens is 2. The van der Waals surface area contributed by atoms with Crippen LogP contribution in [0.25, 0.3) is 0 Å². The molecule has 0 atom stereocenters. The van der Waals surface area contributed by atoms with Crippen molar-refractivity contribution in [1.29, 1.82) is 0 Å². The Morgan fingerprint density at radius 1 is 1.22 bits per heavy atom. The van der Waals surface area contributed by atoms with Gasteiger partial charge in [0.2, 0.25) is 0 Å². The van der Waals surface area contributed by atoms with E-state index in [4.69, 9.17) is 0 Å². The van der Waals surface area contributed by atoms with Gasteiger partial charge in [0.15, 0.2) is 0 Å². The van der Waals surface area contributed by atoms with Gasteiger partial charge in [-0.15, -0.1) is 0 Å². The highest BCUT2D eigenvalue weighted by Crippen LogP contribution is 2.08. The highest BCUT2D eigenvalue weighted by molar-refractivity contribution is 5.74. The number of amides is 2. The number of rotatable bonds is 6. The summed E-state index contributed by atoms with van der Waals surface area (Å²) in [6.07, 6.45) is -0.948. The van der Waals surface area contributed by atoms with Crippen molar-refractivity contribution in [2.45, 2.75) is 26.4 Å². The number of aryl methyl sites for hydroxylation is 1. The number of hydrogen-bond acceptors (Lipinski definition) is 2. The average Bonchev–Trinajstić information content (AvgIpc) is 2.54. The monoisotopic (exact) mass is 319 g/mol. The maximum Gasteiger partial charge on any atom is 0.318 e. The first-order chi connectivity index (χ1) is 11.1. The molecular formula is C17H19F2N3O. The molecule has 2 amide bonds.